The van der Waals surface area contributed by atoms with Crippen molar-refractivity contribution >= 4 is 11.7 Å². The molecule has 28 heavy (non-hydrogen) atoms. The van der Waals surface area contributed by atoms with Gasteiger partial charge in [0.15, 0.2) is 5.75 Å². The second-order valence-corrected chi connectivity index (χ2v) is 7.05. The molecule has 0 saturated carbocycles. The highest BCUT2D eigenvalue weighted by atomic mass is 19.1. The van der Waals surface area contributed by atoms with Crippen molar-refractivity contribution in [1.82, 2.24) is 19.7 Å². The van der Waals surface area contributed by atoms with Crippen LogP contribution in [0.5, 0.6) is 5.75 Å². The number of nitrogens with zero attached hydrogens (tertiary/aromatic N) is 3. The van der Waals surface area contributed by atoms with E-state index in [0.29, 0.717) is 17.0 Å². The van der Waals surface area contributed by atoms with Gasteiger partial charge in [-0.25, -0.2) is 9.07 Å². The number of amides is 1. The predicted octanol–water partition coefficient (Wildman–Crippen LogP) is 1.92. The summed E-state index contributed by atoms with van der Waals surface area (Å²) in [4.78, 5) is 31.6. The van der Waals surface area contributed by atoms with E-state index < -0.39 is 11.0 Å². The number of hydrogen-bond donors (Lipinski definition) is 2. The van der Waals surface area contributed by atoms with Crippen molar-refractivity contribution in [3.63, 3.8) is 0 Å². The van der Waals surface area contributed by atoms with E-state index in [9.17, 15) is 14.0 Å². The molecule has 1 aliphatic rings. The summed E-state index contributed by atoms with van der Waals surface area (Å²) < 4.78 is 20.7. The maximum absolute atomic E-state index is 14.0. The number of fused-ring (bicyclic) bond motifs is 1. The summed E-state index contributed by atoms with van der Waals surface area (Å²) >= 11 is 0. The molecule has 0 aliphatic carbocycles. The summed E-state index contributed by atoms with van der Waals surface area (Å²) in [6, 6.07) is 6.40. The summed E-state index contributed by atoms with van der Waals surface area (Å²) in [6.07, 6.45) is 1.75. The summed E-state index contributed by atoms with van der Waals surface area (Å²) in [5.74, 6) is 0.124. The molecule has 1 amide bonds. The molecule has 3 heterocycles. The largest absolute Gasteiger partial charge is 0.493 e. The van der Waals surface area contributed by atoms with Crippen molar-refractivity contribution in [1.29, 1.82) is 0 Å². The maximum Gasteiger partial charge on any atom is 0.258 e. The second kappa shape index (κ2) is 6.29. The second-order valence-electron chi connectivity index (χ2n) is 7.05. The molecular formula is C19H18FN5O3. The van der Waals surface area contributed by atoms with E-state index in [1.165, 1.54) is 17.9 Å². The molecule has 3 aromatic rings. The molecule has 0 radical (unpaired) electrons. The predicted molar refractivity (Wildman–Crippen MR) is 99.4 cm³/mol. The Kier molecular flexibility index (Phi) is 4.02. The van der Waals surface area contributed by atoms with Gasteiger partial charge in [-0.15, -0.1) is 0 Å². The van der Waals surface area contributed by atoms with Gasteiger partial charge in [0.05, 0.1) is 24.3 Å². The number of hydrogen-bond acceptors (Lipinski definition) is 5. The van der Waals surface area contributed by atoms with Crippen molar-refractivity contribution in [2.75, 3.05) is 12.4 Å². The molecule has 144 valence electrons. The first-order valence-electron chi connectivity index (χ1n) is 8.64. The van der Waals surface area contributed by atoms with Gasteiger partial charge in [-0.05, 0) is 25.5 Å². The van der Waals surface area contributed by atoms with Crippen LogP contribution in [0.3, 0.4) is 0 Å². The zero-order valence-corrected chi connectivity index (χ0v) is 15.5. The van der Waals surface area contributed by atoms with Gasteiger partial charge in [-0.3, -0.25) is 14.6 Å². The molecule has 0 saturated heterocycles. The monoisotopic (exact) mass is 383 g/mol. The lowest BCUT2D eigenvalue weighted by Crippen LogP contribution is -2.31. The lowest BCUT2D eigenvalue weighted by Gasteiger charge is -2.13. The van der Waals surface area contributed by atoms with E-state index in [1.54, 1.807) is 38.2 Å². The number of anilines is 1. The van der Waals surface area contributed by atoms with Crippen LogP contribution in [0, 0.1) is 5.82 Å². The summed E-state index contributed by atoms with van der Waals surface area (Å²) in [6.45, 7) is 3.32. The summed E-state index contributed by atoms with van der Waals surface area (Å²) in [5, 5.41) is 7.02. The van der Waals surface area contributed by atoms with Crippen molar-refractivity contribution in [2.24, 2.45) is 0 Å². The van der Waals surface area contributed by atoms with Gasteiger partial charge in [0.1, 0.15) is 17.3 Å². The lowest BCUT2D eigenvalue weighted by atomic mass is 9.88. The van der Waals surface area contributed by atoms with Crippen LogP contribution in [0.25, 0.3) is 5.95 Å². The Hall–Kier alpha value is -3.49. The van der Waals surface area contributed by atoms with Crippen LogP contribution in [0.4, 0.5) is 10.2 Å². The van der Waals surface area contributed by atoms with Crippen LogP contribution in [-0.2, 0) is 16.6 Å². The highest BCUT2D eigenvalue weighted by Crippen LogP contribution is 2.33. The van der Waals surface area contributed by atoms with Gasteiger partial charge < -0.3 is 10.1 Å². The highest BCUT2D eigenvalue weighted by Gasteiger charge is 2.42. The Morgan fingerprint density at radius 3 is 2.71 bits per heavy atom. The van der Waals surface area contributed by atoms with E-state index in [1.807, 2.05) is 0 Å². The van der Waals surface area contributed by atoms with Gasteiger partial charge >= 0.3 is 0 Å². The van der Waals surface area contributed by atoms with Crippen molar-refractivity contribution in [3.05, 3.63) is 63.5 Å². The van der Waals surface area contributed by atoms with Gasteiger partial charge in [0.2, 0.25) is 11.9 Å². The standard InChI is InChI=1S/C19H18FN5O3/c1-19(2)14-15(21-17(19)27)22-18(23-16(14)26)25-9-13(28-3)12(24-25)8-10-6-4-5-7-11(10)20/h4-7,9H,8H2,1-3H3,(H2,21,22,23,26,27). The van der Waals surface area contributed by atoms with E-state index in [2.05, 4.69) is 20.4 Å². The van der Waals surface area contributed by atoms with Crippen LogP contribution < -0.4 is 15.6 Å². The fourth-order valence-corrected chi connectivity index (χ4v) is 3.23. The van der Waals surface area contributed by atoms with Gasteiger partial charge in [0, 0.05) is 6.42 Å². The van der Waals surface area contributed by atoms with E-state index in [4.69, 9.17) is 4.74 Å². The van der Waals surface area contributed by atoms with Crippen molar-refractivity contribution in [2.45, 2.75) is 25.7 Å². The van der Waals surface area contributed by atoms with E-state index >= 15 is 0 Å². The first kappa shape index (κ1) is 17.9. The molecule has 0 fully saturated rings. The van der Waals surface area contributed by atoms with Gasteiger partial charge in [-0.1, -0.05) is 18.2 Å². The number of ether oxygens (including phenoxy) is 1. The number of aromatic nitrogens is 4. The summed E-state index contributed by atoms with van der Waals surface area (Å²) in [7, 11) is 1.48. The number of benzene rings is 1. The molecule has 9 heteroatoms. The van der Waals surface area contributed by atoms with Gasteiger partial charge in [-0.2, -0.15) is 10.1 Å². The molecule has 2 aromatic heterocycles. The number of rotatable bonds is 4. The Morgan fingerprint density at radius 1 is 1.25 bits per heavy atom. The van der Waals surface area contributed by atoms with Crippen molar-refractivity contribution < 1.29 is 13.9 Å². The molecule has 0 atom stereocenters. The zero-order chi connectivity index (χ0) is 20.1. The third-order valence-corrected chi connectivity index (χ3v) is 4.84. The average Bonchev–Trinajstić information content (AvgIpc) is 3.15. The number of halogens is 1. The smallest absolute Gasteiger partial charge is 0.258 e. The molecule has 0 spiro atoms. The minimum Gasteiger partial charge on any atom is -0.493 e. The van der Waals surface area contributed by atoms with Crippen LogP contribution in [-0.4, -0.2) is 32.8 Å². The Labute approximate surface area is 159 Å². The topological polar surface area (TPSA) is 102 Å². The molecule has 0 bridgehead atoms. The number of carbonyl (C=O) groups is 1. The SMILES string of the molecule is COc1cn(-c2nc3c(c(=O)[nH]2)C(C)(C)C(=O)N3)nc1Cc1ccccc1F. The number of methoxy groups -OCH3 is 1. The quantitative estimate of drug-likeness (QED) is 0.717. The molecule has 1 aromatic carbocycles. The molecule has 4 rings (SSSR count). The fourth-order valence-electron chi connectivity index (χ4n) is 3.23. The Morgan fingerprint density at radius 2 is 2.00 bits per heavy atom. The fraction of sp³-hybridized carbons (Fsp3) is 0.263. The lowest BCUT2D eigenvalue weighted by molar-refractivity contribution is -0.119. The minimum atomic E-state index is -0.966. The highest BCUT2D eigenvalue weighted by molar-refractivity contribution is 6.04. The first-order valence-corrected chi connectivity index (χ1v) is 8.64. The number of carbonyl (C=O) groups excluding carboxylic acids is 1. The first-order chi connectivity index (χ1) is 13.3. The van der Waals surface area contributed by atoms with Crippen LogP contribution in [0.2, 0.25) is 0 Å². The van der Waals surface area contributed by atoms with Crippen LogP contribution >= 0.6 is 0 Å². The molecule has 1 aliphatic heterocycles. The van der Waals surface area contributed by atoms with E-state index in [-0.39, 0.29) is 35.5 Å². The number of aromatic amines is 1. The normalized spacial score (nSPS) is 14.6. The maximum atomic E-state index is 14.0. The number of H-pyrrole nitrogens is 1. The molecular weight excluding hydrogens is 365 g/mol. The molecule has 2 N–H and O–H groups in total. The Bertz CT molecular complexity index is 1150. The minimum absolute atomic E-state index is 0.125. The average molecular weight is 383 g/mol. The molecule has 8 nitrogen and oxygen atoms in total. The third kappa shape index (κ3) is 2.75. The van der Waals surface area contributed by atoms with Crippen LogP contribution in [0.1, 0.15) is 30.7 Å². The summed E-state index contributed by atoms with van der Waals surface area (Å²) in [5.41, 5.74) is -0.150. The van der Waals surface area contributed by atoms with Crippen molar-refractivity contribution in [3.8, 4) is 11.7 Å². The zero-order valence-electron chi connectivity index (χ0n) is 15.5. The third-order valence-electron chi connectivity index (χ3n) is 4.84. The Balaban J connectivity index is 1.76. The molecule has 0 unspecified atom stereocenters. The van der Waals surface area contributed by atoms with Gasteiger partial charge in [0.25, 0.3) is 5.56 Å². The van der Waals surface area contributed by atoms with Crippen LogP contribution in [0.15, 0.2) is 35.3 Å². The number of nitrogens with one attached hydrogen (secondary N) is 2. The van der Waals surface area contributed by atoms with E-state index in [0.717, 1.165) is 0 Å².